The Labute approximate surface area is 169 Å². The average molecular weight is 386 g/mol. The maximum Gasteiger partial charge on any atom is 0.241 e. The van der Waals surface area contributed by atoms with Crippen molar-refractivity contribution >= 4 is 11.9 Å². The van der Waals surface area contributed by atoms with Gasteiger partial charge in [-0.2, -0.15) is 0 Å². The van der Waals surface area contributed by atoms with Gasteiger partial charge in [-0.05, 0) is 44.6 Å². The SMILES string of the molecule is CN=C(NCC(=O)N1CCCCC1)NC1CCN(Cc2ccccc2)C(C)C1. The summed E-state index contributed by atoms with van der Waals surface area (Å²) in [6, 6.07) is 11.6. The molecule has 0 aromatic heterocycles. The number of piperidine rings is 2. The predicted molar refractivity (Wildman–Crippen MR) is 114 cm³/mol. The standard InChI is InChI=1S/C22H35N5O/c1-18-15-20(11-14-27(18)17-19-9-5-3-6-10-19)25-22(23-2)24-16-21(28)26-12-7-4-8-13-26/h3,5-6,9-10,18,20H,4,7-8,11-17H2,1-2H3,(H2,23,24,25). The molecule has 6 nitrogen and oxygen atoms in total. The van der Waals surface area contributed by atoms with Crippen LogP contribution in [0.1, 0.15) is 44.6 Å². The highest BCUT2D eigenvalue weighted by atomic mass is 16.2. The molecule has 2 N–H and O–H groups in total. The Morgan fingerprint density at radius 2 is 1.89 bits per heavy atom. The number of carbonyl (C=O) groups excluding carboxylic acids is 1. The number of hydrogen-bond acceptors (Lipinski definition) is 3. The Hall–Kier alpha value is -2.08. The van der Waals surface area contributed by atoms with Crippen LogP contribution in [0.25, 0.3) is 0 Å². The minimum atomic E-state index is 0.175. The molecule has 28 heavy (non-hydrogen) atoms. The van der Waals surface area contributed by atoms with Crippen molar-refractivity contribution in [2.75, 3.05) is 33.2 Å². The Kier molecular flexibility index (Phi) is 7.71. The topological polar surface area (TPSA) is 60.0 Å². The molecular formula is C22H35N5O. The third kappa shape index (κ3) is 5.96. The van der Waals surface area contributed by atoms with E-state index in [-0.39, 0.29) is 5.91 Å². The van der Waals surface area contributed by atoms with E-state index < -0.39 is 0 Å². The number of amides is 1. The fourth-order valence-electron chi connectivity index (χ4n) is 4.21. The number of rotatable bonds is 5. The molecule has 0 aliphatic carbocycles. The predicted octanol–water partition coefficient (Wildman–Crippen LogP) is 2.22. The number of guanidine groups is 1. The van der Waals surface area contributed by atoms with Crippen molar-refractivity contribution in [3.8, 4) is 0 Å². The highest BCUT2D eigenvalue weighted by Gasteiger charge is 2.26. The molecule has 2 aliphatic heterocycles. The van der Waals surface area contributed by atoms with Gasteiger partial charge in [0.1, 0.15) is 0 Å². The van der Waals surface area contributed by atoms with Crippen LogP contribution in [-0.4, -0.2) is 67.0 Å². The zero-order chi connectivity index (χ0) is 19.8. The number of nitrogens with zero attached hydrogens (tertiary/aromatic N) is 3. The second kappa shape index (κ2) is 10.5. The number of aliphatic imine (C=N–C) groups is 1. The molecule has 2 atom stereocenters. The zero-order valence-corrected chi connectivity index (χ0v) is 17.4. The largest absolute Gasteiger partial charge is 0.354 e. The number of carbonyl (C=O) groups is 1. The first-order valence-electron chi connectivity index (χ1n) is 10.7. The van der Waals surface area contributed by atoms with Crippen LogP contribution in [0.2, 0.25) is 0 Å². The van der Waals surface area contributed by atoms with Crippen LogP contribution < -0.4 is 10.6 Å². The number of hydrogen-bond donors (Lipinski definition) is 2. The van der Waals surface area contributed by atoms with Crippen LogP contribution in [0, 0.1) is 0 Å². The Bertz CT molecular complexity index is 642. The molecule has 3 rings (SSSR count). The molecule has 2 fully saturated rings. The van der Waals surface area contributed by atoms with Gasteiger partial charge in [-0.1, -0.05) is 30.3 Å². The summed E-state index contributed by atoms with van der Waals surface area (Å²) in [5, 5.41) is 6.73. The van der Waals surface area contributed by atoms with E-state index in [1.54, 1.807) is 7.05 Å². The fraction of sp³-hybridized carbons (Fsp3) is 0.636. The average Bonchev–Trinajstić information content (AvgIpc) is 2.74. The van der Waals surface area contributed by atoms with E-state index in [4.69, 9.17) is 0 Å². The number of likely N-dealkylation sites (tertiary alicyclic amines) is 2. The van der Waals surface area contributed by atoms with Crippen molar-refractivity contribution in [3.63, 3.8) is 0 Å². The fourth-order valence-corrected chi connectivity index (χ4v) is 4.21. The Balaban J connectivity index is 1.42. The lowest BCUT2D eigenvalue weighted by atomic mass is 9.97. The van der Waals surface area contributed by atoms with Gasteiger partial charge in [-0.3, -0.25) is 14.7 Å². The van der Waals surface area contributed by atoms with Gasteiger partial charge in [0.05, 0.1) is 6.54 Å². The summed E-state index contributed by atoms with van der Waals surface area (Å²) in [5.41, 5.74) is 1.37. The molecule has 0 saturated carbocycles. The van der Waals surface area contributed by atoms with Crippen LogP contribution in [0.4, 0.5) is 0 Å². The van der Waals surface area contributed by atoms with E-state index in [1.165, 1.54) is 12.0 Å². The second-order valence-corrected chi connectivity index (χ2v) is 8.04. The molecule has 2 saturated heterocycles. The summed E-state index contributed by atoms with van der Waals surface area (Å²) in [6.45, 7) is 6.48. The smallest absolute Gasteiger partial charge is 0.241 e. The van der Waals surface area contributed by atoms with Gasteiger partial charge in [0.25, 0.3) is 0 Å². The van der Waals surface area contributed by atoms with Crippen molar-refractivity contribution in [1.29, 1.82) is 0 Å². The quantitative estimate of drug-likeness (QED) is 0.603. The van der Waals surface area contributed by atoms with Crippen molar-refractivity contribution in [3.05, 3.63) is 35.9 Å². The minimum absolute atomic E-state index is 0.175. The molecule has 6 heteroatoms. The monoisotopic (exact) mass is 385 g/mol. The number of benzene rings is 1. The van der Waals surface area contributed by atoms with Gasteiger partial charge in [0.2, 0.25) is 5.91 Å². The van der Waals surface area contributed by atoms with E-state index in [2.05, 4.69) is 57.8 Å². The van der Waals surface area contributed by atoms with Crippen molar-refractivity contribution in [2.45, 2.75) is 57.7 Å². The summed E-state index contributed by atoms with van der Waals surface area (Å²) in [7, 11) is 1.77. The lowest BCUT2D eigenvalue weighted by Gasteiger charge is -2.38. The van der Waals surface area contributed by atoms with E-state index in [9.17, 15) is 4.79 Å². The first-order valence-corrected chi connectivity index (χ1v) is 10.7. The highest BCUT2D eigenvalue weighted by molar-refractivity contribution is 5.86. The van der Waals surface area contributed by atoms with Crippen LogP contribution in [0.3, 0.4) is 0 Å². The first kappa shape index (κ1) is 20.6. The van der Waals surface area contributed by atoms with Gasteiger partial charge in [0.15, 0.2) is 5.96 Å². The van der Waals surface area contributed by atoms with Crippen LogP contribution >= 0.6 is 0 Å². The normalized spacial score (nSPS) is 24.1. The van der Waals surface area contributed by atoms with Crippen LogP contribution in [0.15, 0.2) is 35.3 Å². The highest BCUT2D eigenvalue weighted by Crippen LogP contribution is 2.20. The summed E-state index contributed by atoms with van der Waals surface area (Å²) < 4.78 is 0. The molecule has 0 bridgehead atoms. The molecule has 0 radical (unpaired) electrons. The van der Waals surface area contributed by atoms with Gasteiger partial charge in [-0.15, -0.1) is 0 Å². The maximum atomic E-state index is 12.4. The molecule has 1 aromatic rings. The van der Waals surface area contributed by atoms with Gasteiger partial charge < -0.3 is 15.5 Å². The molecule has 154 valence electrons. The van der Waals surface area contributed by atoms with Gasteiger partial charge in [-0.25, -0.2) is 0 Å². The van der Waals surface area contributed by atoms with Crippen molar-refractivity contribution in [2.24, 2.45) is 4.99 Å². The first-order chi connectivity index (χ1) is 13.7. The lowest BCUT2D eigenvalue weighted by molar-refractivity contribution is -0.130. The summed E-state index contributed by atoms with van der Waals surface area (Å²) in [6.07, 6.45) is 5.64. The number of nitrogens with one attached hydrogen (secondary N) is 2. The second-order valence-electron chi connectivity index (χ2n) is 8.04. The van der Waals surface area contributed by atoms with Crippen molar-refractivity contribution < 1.29 is 4.79 Å². The van der Waals surface area contributed by atoms with E-state index in [0.717, 1.165) is 57.8 Å². The maximum absolute atomic E-state index is 12.4. The summed E-state index contributed by atoms with van der Waals surface area (Å²) >= 11 is 0. The van der Waals surface area contributed by atoms with Crippen LogP contribution in [0.5, 0.6) is 0 Å². The van der Waals surface area contributed by atoms with Crippen molar-refractivity contribution in [1.82, 2.24) is 20.4 Å². The minimum Gasteiger partial charge on any atom is -0.354 e. The van der Waals surface area contributed by atoms with E-state index >= 15 is 0 Å². The molecule has 0 spiro atoms. The van der Waals surface area contributed by atoms with Gasteiger partial charge >= 0.3 is 0 Å². The zero-order valence-electron chi connectivity index (χ0n) is 17.4. The third-order valence-corrected chi connectivity index (χ3v) is 5.92. The Morgan fingerprint density at radius 1 is 1.14 bits per heavy atom. The molecule has 1 amide bonds. The molecule has 1 aromatic carbocycles. The van der Waals surface area contributed by atoms with Crippen LogP contribution in [-0.2, 0) is 11.3 Å². The lowest BCUT2D eigenvalue weighted by Crippen LogP contribution is -2.52. The third-order valence-electron chi connectivity index (χ3n) is 5.92. The van der Waals surface area contributed by atoms with E-state index in [1.807, 2.05) is 4.90 Å². The molecular weight excluding hydrogens is 350 g/mol. The molecule has 2 unspecified atom stereocenters. The summed E-state index contributed by atoms with van der Waals surface area (Å²) in [5.74, 6) is 0.910. The van der Waals surface area contributed by atoms with Gasteiger partial charge in [0, 0.05) is 45.3 Å². The van der Waals surface area contributed by atoms with E-state index in [0.29, 0.717) is 18.6 Å². The molecule has 2 heterocycles. The Morgan fingerprint density at radius 3 is 2.57 bits per heavy atom. The molecule has 2 aliphatic rings. The summed E-state index contributed by atoms with van der Waals surface area (Å²) in [4.78, 5) is 21.2.